The molecular weight excluding hydrogens is 336 g/mol. The van der Waals surface area contributed by atoms with Gasteiger partial charge in [-0.1, -0.05) is 42.5 Å². The maximum absolute atomic E-state index is 4.43. The lowest BCUT2D eigenvalue weighted by Crippen LogP contribution is -2.25. The number of hydrogen-bond acceptors (Lipinski definition) is 6. The average molecular weight is 352 g/mol. The van der Waals surface area contributed by atoms with Crippen LogP contribution in [0.3, 0.4) is 0 Å². The van der Waals surface area contributed by atoms with Gasteiger partial charge in [0.15, 0.2) is 0 Å². The van der Waals surface area contributed by atoms with E-state index in [-0.39, 0.29) is 6.04 Å². The van der Waals surface area contributed by atoms with Crippen molar-refractivity contribution in [2.45, 2.75) is 16.1 Å². The van der Waals surface area contributed by atoms with Crippen LogP contribution in [0.2, 0.25) is 0 Å². The van der Waals surface area contributed by atoms with Crippen LogP contribution in [0.5, 0.6) is 0 Å². The highest BCUT2D eigenvalue weighted by atomic mass is 32.2. The predicted octanol–water partition coefficient (Wildman–Crippen LogP) is 4.10. The van der Waals surface area contributed by atoms with E-state index in [1.807, 2.05) is 18.7 Å². The third-order valence-corrected chi connectivity index (χ3v) is 5.57. The van der Waals surface area contributed by atoms with Crippen molar-refractivity contribution < 1.29 is 0 Å². The molecule has 2 aromatic carbocycles. The number of nitrogens with zero attached hydrogens (tertiary/aromatic N) is 3. The van der Waals surface area contributed by atoms with Crippen LogP contribution in [0, 0.1) is 0 Å². The molecule has 0 amide bonds. The first-order valence-corrected chi connectivity index (χ1v) is 10.0. The lowest BCUT2D eigenvalue weighted by molar-refractivity contribution is 0.605. The van der Waals surface area contributed by atoms with Crippen molar-refractivity contribution in [1.82, 2.24) is 15.6 Å². The zero-order valence-corrected chi connectivity index (χ0v) is 15.0. The Balaban J connectivity index is 1.98. The third kappa shape index (κ3) is 2.46. The number of rotatable bonds is 3. The molecule has 1 aliphatic rings. The van der Waals surface area contributed by atoms with E-state index >= 15 is 0 Å². The Kier molecular flexibility index (Phi) is 4.16. The number of benzene rings is 2. The van der Waals surface area contributed by atoms with E-state index in [0.717, 1.165) is 21.2 Å². The van der Waals surface area contributed by atoms with Crippen LogP contribution in [-0.2, 0) is 0 Å². The van der Waals surface area contributed by atoms with E-state index in [1.165, 1.54) is 16.3 Å². The smallest absolute Gasteiger partial charge is 0.128 e. The van der Waals surface area contributed by atoms with Crippen molar-refractivity contribution >= 4 is 40.5 Å². The molecule has 3 aromatic rings. The Bertz CT molecular complexity index is 934. The van der Waals surface area contributed by atoms with Gasteiger partial charge >= 0.3 is 0 Å². The molecule has 4 nitrogen and oxygen atoms in total. The summed E-state index contributed by atoms with van der Waals surface area (Å²) in [4.78, 5) is 0. The first kappa shape index (κ1) is 15.5. The molecule has 2 heterocycles. The topological polar surface area (TPSA) is 50.2 Å². The molecule has 24 heavy (non-hydrogen) atoms. The minimum absolute atomic E-state index is 0.0278. The van der Waals surface area contributed by atoms with E-state index < -0.39 is 0 Å². The molecule has 1 aromatic heterocycles. The monoisotopic (exact) mass is 352 g/mol. The fourth-order valence-corrected chi connectivity index (χ4v) is 4.18. The summed E-state index contributed by atoms with van der Waals surface area (Å²) in [5.74, 6) is 0. The molecule has 1 aliphatic heterocycles. The summed E-state index contributed by atoms with van der Waals surface area (Å²) in [5.41, 5.74) is 6.73. The SMILES string of the molecule is CSc1nnc(SC)c2c1C=NNC2c1cccc2ccccc12. The van der Waals surface area contributed by atoms with Gasteiger partial charge in [0.1, 0.15) is 10.1 Å². The van der Waals surface area contributed by atoms with Gasteiger partial charge in [-0.15, -0.1) is 33.7 Å². The molecule has 4 rings (SSSR count). The van der Waals surface area contributed by atoms with Crippen LogP contribution < -0.4 is 5.43 Å². The number of hydrogen-bond donors (Lipinski definition) is 1. The second-order valence-corrected chi connectivity index (χ2v) is 7.02. The highest BCUT2D eigenvalue weighted by molar-refractivity contribution is 7.99. The van der Waals surface area contributed by atoms with Gasteiger partial charge in [-0.2, -0.15) is 5.10 Å². The molecule has 0 radical (unpaired) electrons. The second kappa shape index (κ2) is 6.45. The molecule has 0 aliphatic carbocycles. The fraction of sp³-hybridized carbons (Fsp3) is 0.167. The van der Waals surface area contributed by atoms with Gasteiger partial charge in [-0.05, 0) is 28.8 Å². The fourth-order valence-electron chi connectivity index (χ4n) is 3.10. The molecule has 6 heteroatoms. The van der Waals surface area contributed by atoms with E-state index in [4.69, 9.17) is 0 Å². The Morgan fingerprint density at radius 2 is 1.67 bits per heavy atom. The lowest BCUT2D eigenvalue weighted by atomic mass is 9.92. The Hall–Kier alpha value is -2.05. The Morgan fingerprint density at radius 3 is 2.50 bits per heavy atom. The van der Waals surface area contributed by atoms with Gasteiger partial charge < -0.3 is 0 Å². The summed E-state index contributed by atoms with van der Waals surface area (Å²) in [6.07, 6.45) is 5.91. The standard InChI is InChI=1S/C18H16N4S2/c1-23-17-14-10-19-20-16(15(14)18(24-2)22-21-17)13-9-5-7-11-6-3-4-8-12(11)13/h3-10,16,20H,1-2H3. The van der Waals surface area contributed by atoms with E-state index in [0.29, 0.717) is 0 Å². The first-order valence-electron chi connectivity index (χ1n) is 7.58. The number of thioether (sulfide) groups is 2. The van der Waals surface area contributed by atoms with Crippen molar-refractivity contribution in [3.63, 3.8) is 0 Å². The van der Waals surface area contributed by atoms with Gasteiger partial charge in [-0.3, -0.25) is 5.43 Å². The van der Waals surface area contributed by atoms with Crippen LogP contribution in [0.15, 0.2) is 57.6 Å². The molecule has 0 spiro atoms. The molecule has 1 atom stereocenters. The minimum Gasteiger partial charge on any atom is -0.298 e. The normalized spacial score (nSPS) is 16.0. The summed E-state index contributed by atoms with van der Waals surface area (Å²) >= 11 is 3.22. The molecular formula is C18H16N4S2. The summed E-state index contributed by atoms with van der Waals surface area (Å²) < 4.78 is 0. The van der Waals surface area contributed by atoms with E-state index in [1.54, 1.807) is 23.5 Å². The number of nitrogens with one attached hydrogen (secondary N) is 1. The maximum atomic E-state index is 4.43. The van der Waals surface area contributed by atoms with Gasteiger partial charge in [0, 0.05) is 11.1 Å². The minimum atomic E-state index is -0.0278. The molecule has 0 fully saturated rings. The predicted molar refractivity (Wildman–Crippen MR) is 102 cm³/mol. The first-order chi connectivity index (χ1) is 11.8. The van der Waals surface area contributed by atoms with Crippen molar-refractivity contribution in [2.24, 2.45) is 5.10 Å². The quantitative estimate of drug-likeness (QED) is 0.719. The summed E-state index contributed by atoms with van der Waals surface area (Å²) in [5, 5.41) is 17.5. The van der Waals surface area contributed by atoms with Gasteiger partial charge in [-0.25, -0.2) is 0 Å². The third-order valence-electron chi connectivity index (χ3n) is 4.19. The lowest BCUT2D eigenvalue weighted by Gasteiger charge is -2.26. The van der Waals surface area contributed by atoms with Crippen molar-refractivity contribution in [2.75, 3.05) is 12.5 Å². The van der Waals surface area contributed by atoms with Crippen LogP contribution in [0.4, 0.5) is 0 Å². The molecule has 0 saturated carbocycles. The van der Waals surface area contributed by atoms with Gasteiger partial charge in [0.05, 0.1) is 12.3 Å². The van der Waals surface area contributed by atoms with E-state index in [2.05, 4.69) is 63.2 Å². The zero-order valence-electron chi connectivity index (χ0n) is 13.4. The number of hydrazone groups is 1. The van der Waals surface area contributed by atoms with Crippen LogP contribution in [0.1, 0.15) is 22.7 Å². The van der Waals surface area contributed by atoms with Crippen molar-refractivity contribution in [1.29, 1.82) is 0 Å². The summed E-state index contributed by atoms with van der Waals surface area (Å²) in [7, 11) is 0. The average Bonchev–Trinajstić information content (AvgIpc) is 2.66. The summed E-state index contributed by atoms with van der Waals surface area (Å²) in [6, 6.07) is 14.8. The largest absolute Gasteiger partial charge is 0.298 e. The van der Waals surface area contributed by atoms with Crippen LogP contribution >= 0.6 is 23.5 Å². The van der Waals surface area contributed by atoms with Crippen molar-refractivity contribution in [3.05, 3.63) is 59.2 Å². The molecule has 120 valence electrons. The Labute approximate surface area is 149 Å². The maximum Gasteiger partial charge on any atom is 0.128 e. The molecule has 0 saturated heterocycles. The van der Waals surface area contributed by atoms with Crippen LogP contribution in [0.25, 0.3) is 10.8 Å². The number of fused-ring (bicyclic) bond motifs is 2. The van der Waals surface area contributed by atoms with E-state index in [9.17, 15) is 0 Å². The highest BCUT2D eigenvalue weighted by Gasteiger charge is 2.27. The molecule has 0 bridgehead atoms. The molecule has 1 N–H and O–H groups in total. The second-order valence-electron chi connectivity index (χ2n) is 5.43. The Morgan fingerprint density at radius 1 is 0.917 bits per heavy atom. The zero-order chi connectivity index (χ0) is 16.5. The van der Waals surface area contributed by atoms with Crippen molar-refractivity contribution in [3.8, 4) is 0 Å². The molecule has 1 unspecified atom stereocenters. The van der Waals surface area contributed by atoms with Gasteiger partial charge in [0.2, 0.25) is 0 Å². The van der Waals surface area contributed by atoms with Gasteiger partial charge in [0.25, 0.3) is 0 Å². The summed E-state index contributed by atoms with van der Waals surface area (Å²) in [6.45, 7) is 0. The highest BCUT2D eigenvalue weighted by Crippen LogP contribution is 2.38. The van der Waals surface area contributed by atoms with Crippen LogP contribution in [-0.4, -0.2) is 28.9 Å². The number of aromatic nitrogens is 2.